The van der Waals surface area contributed by atoms with Crippen molar-refractivity contribution in [2.45, 2.75) is 6.92 Å². The van der Waals surface area contributed by atoms with Crippen molar-refractivity contribution in [3.8, 4) is 11.5 Å². The van der Waals surface area contributed by atoms with Gasteiger partial charge in [-0.05, 0) is 31.2 Å². The Morgan fingerprint density at radius 2 is 1.76 bits per heavy atom. The molecule has 1 heterocycles. The van der Waals surface area contributed by atoms with Crippen LogP contribution < -0.4 is 0 Å². The van der Waals surface area contributed by atoms with Gasteiger partial charge in [-0.2, -0.15) is 0 Å². The first kappa shape index (κ1) is 16.9. The maximum atomic E-state index is 12.2. The number of Topliss-reactive ketones (excluding diaryl/α,β-unsaturated/α-hetero) is 1. The van der Waals surface area contributed by atoms with E-state index in [4.69, 9.17) is 20.8 Å². The molecule has 1 aromatic heterocycles. The summed E-state index contributed by atoms with van der Waals surface area (Å²) in [5.41, 5.74) is 1.10. The fourth-order valence-electron chi connectivity index (χ4n) is 2.25. The van der Waals surface area contributed by atoms with Gasteiger partial charge in [0.25, 0.3) is 0 Å². The highest BCUT2D eigenvalue weighted by molar-refractivity contribution is 6.34. The molecule has 0 unspecified atom stereocenters. The summed E-state index contributed by atoms with van der Waals surface area (Å²) in [6.45, 7) is 1.20. The van der Waals surface area contributed by atoms with Crippen molar-refractivity contribution < 1.29 is 18.7 Å². The number of oxazole rings is 1. The van der Waals surface area contributed by atoms with Gasteiger partial charge in [-0.25, -0.2) is 9.78 Å². The summed E-state index contributed by atoms with van der Waals surface area (Å²) < 4.78 is 10.6. The molecule has 0 saturated carbocycles. The van der Waals surface area contributed by atoms with Crippen molar-refractivity contribution in [2.75, 3.05) is 6.61 Å². The Labute approximate surface area is 149 Å². The van der Waals surface area contributed by atoms with E-state index in [0.717, 1.165) is 5.56 Å². The molecule has 0 bridgehead atoms. The third-order valence-corrected chi connectivity index (χ3v) is 3.85. The topological polar surface area (TPSA) is 69.4 Å². The molecule has 3 aromatic rings. The van der Waals surface area contributed by atoms with Crippen LogP contribution in [0.25, 0.3) is 11.5 Å². The molecule has 0 saturated heterocycles. The minimum absolute atomic E-state index is 0.0470. The van der Waals surface area contributed by atoms with Gasteiger partial charge in [0.15, 0.2) is 12.3 Å². The lowest BCUT2D eigenvalue weighted by Gasteiger charge is -2.04. The van der Waals surface area contributed by atoms with Gasteiger partial charge in [-0.15, -0.1) is 0 Å². The lowest BCUT2D eigenvalue weighted by molar-refractivity contribution is 0.0468. The predicted octanol–water partition coefficient (Wildman–Crippen LogP) is 4.34. The normalized spacial score (nSPS) is 10.5. The molecule has 0 aliphatic carbocycles. The van der Waals surface area contributed by atoms with Crippen LogP contribution in [0.3, 0.4) is 0 Å². The van der Waals surface area contributed by atoms with Gasteiger partial charge in [0.1, 0.15) is 5.76 Å². The Bertz CT molecular complexity index is 918. The fourth-order valence-corrected chi connectivity index (χ4v) is 2.50. The second-order valence-corrected chi connectivity index (χ2v) is 5.68. The van der Waals surface area contributed by atoms with Crippen LogP contribution >= 0.6 is 11.6 Å². The van der Waals surface area contributed by atoms with Crippen LogP contribution in [0.1, 0.15) is 26.6 Å². The van der Waals surface area contributed by atoms with Crippen LogP contribution in [-0.4, -0.2) is 23.3 Å². The first-order valence-electron chi connectivity index (χ1n) is 7.54. The summed E-state index contributed by atoms with van der Waals surface area (Å²) in [4.78, 5) is 28.5. The highest BCUT2D eigenvalue weighted by atomic mass is 35.5. The van der Waals surface area contributed by atoms with Gasteiger partial charge in [0.2, 0.25) is 11.7 Å². The third kappa shape index (κ3) is 3.78. The van der Waals surface area contributed by atoms with E-state index in [1.165, 1.54) is 0 Å². The molecule has 0 aliphatic heterocycles. The summed E-state index contributed by atoms with van der Waals surface area (Å²) in [5, 5.41) is 0.313. The second-order valence-electron chi connectivity index (χ2n) is 5.27. The summed E-state index contributed by atoms with van der Waals surface area (Å²) >= 11 is 5.96. The third-order valence-electron chi connectivity index (χ3n) is 3.52. The van der Waals surface area contributed by atoms with E-state index in [9.17, 15) is 9.59 Å². The fraction of sp³-hybridized carbons (Fsp3) is 0.105. The number of nitrogens with zero attached hydrogens (tertiary/aromatic N) is 1. The number of hydrogen-bond donors (Lipinski definition) is 0. The monoisotopic (exact) mass is 355 g/mol. The van der Waals surface area contributed by atoms with Crippen LogP contribution in [0.4, 0.5) is 0 Å². The minimum Gasteiger partial charge on any atom is -0.452 e. The number of rotatable bonds is 5. The minimum atomic E-state index is -0.719. The number of aromatic nitrogens is 1. The van der Waals surface area contributed by atoms with E-state index in [-0.39, 0.29) is 11.5 Å². The average molecular weight is 356 g/mol. The number of carbonyl (C=O) groups is 2. The summed E-state index contributed by atoms with van der Waals surface area (Å²) in [5.74, 6) is -0.455. The highest BCUT2D eigenvalue weighted by Gasteiger charge is 2.21. The van der Waals surface area contributed by atoms with Crippen molar-refractivity contribution in [2.24, 2.45) is 0 Å². The smallest absolute Gasteiger partial charge is 0.361 e. The maximum absolute atomic E-state index is 12.2. The molecule has 0 fully saturated rings. The van der Waals surface area contributed by atoms with Crippen molar-refractivity contribution in [1.82, 2.24) is 4.98 Å². The number of esters is 1. The summed E-state index contributed by atoms with van der Waals surface area (Å²) in [7, 11) is 0. The van der Waals surface area contributed by atoms with Crippen molar-refractivity contribution in [3.05, 3.63) is 76.6 Å². The second kappa shape index (κ2) is 7.32. The number of benzene rings is 2. The number of halogens is 1. The maximum Gasteiger partial charge on any atom is 0.361 e. The van der Waals surface area contributed by atoms with E-state index in [0.29, 0.717) is 22.2 Å². The zero-order valence-corrected chi connectivity index (χ0v) is 14.1. The molecule has 0 aliphatic rings. The Morgan fingerprint density at radius 1 is 1.08 bits per heavy atom. The summed E-state index contributed by atoms with van der Waals surface area (Å²) in [6, 6.07) is 15.8. The molecule has 0 spiro atoms. The number of hydrogen-bond acceptors (Lipinski definition) is 5. The van der Waals surface area contributed by atoms with Gasteiger partial charge >= 0.3 is 5.97 Å². The average Bonchev–Trinajstić information content (AvgIpc) is 3.02. The predicted molar refractivity (Wildman–Crippen MR) is 92.7 cm³/mol. The van der Waals surface area contributed by atoms with Crippen molar-refractivity contribution in [3.63, 3.8) is 0 Å². The van der Waals surface area contributed by atoms with Gasteiger partial charge in [0, 0.05) is 11.1 Å². The van der Waals surface area contributed by atoms with Gasteiger partial charge in [-0.3, -0.25) is 4.79 Å². The van der Waals surface area contributed by atoms with Crippen LogP contribution in [0, 0.1) is 6.92 Å². The molecule has 3 rings (SSSR count). The Kier molecular flexibility index (Phi) is 4.95. The number of carbonyl (C=O) groups excluding carboxylic acids is 2. The molecule has 5 nitrogen and oxygen atoms in total. The molecule has 6 heteroatoms. The summed E-state index contributed by atoms with van der Waals surface area (Å²) in [6.07, 6.45) is 0. The van der Waals surface area contributed by atoms with E-state index in [1.54, 1.807) is 31.2 Å². The molecule has 0 N–H and O–H groups in total. The molecule has 0 amide bonds. The van der Waals surface area contributed by atoms with Crippen LogP contribution in [-0.2, 0) is 4.74 Å². The lowest BCUT2D eigenvalue weighted by Crippen LogP contribution is -2.15. The highest BCUT2D eigenvalue weighted by Crippen LogP contribution is 2.22. The lowest BCUT2D eigenvalue weighted by atomic mass is 10.1. The molecular weight excluding hydrogens is 342 g/mol. The molecule has 0 radical (unpaired) electrons. The van der Waals surface area contributed by atoms with E-state index in [2.05, 4.69) is 4.98 Å². The molecule has 25 heavy (non-hydrogen) atoms. The number of ether oxygens (including phenoxy) is 1. The first-order chi connectivity index (χ1) is 12.1. The quantitative estimate of drug-likeness (QED) is 0.503. The van der Waals surface area contributed by atoms with E-state index in [1.807, 2.05) is 30.3 Å². The number of aryl methyl sites for hydroxylation is 1. The van der Waals surface area contributed by atoms with Crippen molar-refractivity contribution >= 4 is 23.4 Å². The largest absolute Gasteiger partial charge is 0.452 e. The van der Waals surface area contributed by atoms with E-state index < -0.39 is 12.6 Å². The molecule has 2 aromatic carbocycles. The standard InChI is InChI=1S/C19H14ClNO4/c1-12-17(21-18(25-12)13-7-3-2-4-8-13)19(23)24-11-16(22)14-9-5-6-10-15(14)20/h2-10H,11H2,1H3. The molecule has 0 atom stereocenters. The number of ketones is 1. The SMILES string of the molecule is Cc1oc(-c2ccccc2)nc1C(=O)OCC(=O)c1ccccc1Cl. The Hall–Kier alpha value is -2.92. The molecule has 126 valence electrons. The van der Waals surface area contributed by atoms with E-state index >= 15 is 0 Å². The zero-order chi connectivity index (χ0) is 17.8. The van der Waals surface area contributed by atoms with Crippen LogP contribution in [0.5, 0.6) is 0 Å². The Balaban J connectivity index is 1.71. The van der Waals surface area contributed by atoms with Gasteiger partial charge < -0.3 is 9.15 Å². The Morgan fingerprint density at radius 3 is 2.48 bits per heavy atom. The molecular formula is C19H14ClNO4. The van der Waals surface area contributed by atoms with Gasteiger partial charge in [0.05, 0.1) is 5.02 Å². The van der Waals surface area contributed by atoms with Crippen LogP contribution in [0.15, 0.2) is 59.0 Å². The van der Waals surface area contributed by atoms with Crippen LogP contribution in [0.2, 0.25) is 5.02 Å². The van der Waals surface area contributed by atoms with Gasteiger partial charge in [-0.1, -0.05) is 41.9 Å². The zero-order valence-electron chi connectivity index (χ0n) is 13.4. The van der Waals surface area contributed by atoms with Crippen molar-refractivity contribution in [1.29, 1.82) is 0 Å². The first-order valence-corrected chi connectivity index (χ1v) is 7.92.